The van der Waals surface area contributed by atoms with Crippen molar-refractivity contribution in [3.63, 3.8) is 0 Å². The van der Waals surface area contributed by atoms with Crippen LogP contribution in [0.4, 0.5) is 0 Å². The molecule has 0 saturated heterocycles. The summed E-state index contributed by atoms with van der Waals surface area (Å²) in [6, 6.07) is 9.43. The molecular weight excluding hydrogens is 238 g/mol. The first-order valence-corrected chi connectivity index (χ1v) is 8.11. The fourth-order valence-corrected chi connectivity index (χ4v) is 3.82. The van der Waals surface area contributed by atoms with Crippen molar-refractivity contribution in [1.82, 2.24) is 5.32 Å². The predicted octanol–water partition coefficient (Wildman–Crippen LogP) is 4.61. The normalized spacial score (nSPS) is 17.3. The first kappa shape index (κ1) is 14.0. The van der Waals surface area contributed by atoms with Crippen molar-refractivity contribution < 1.29 is 0 Å². The van der Waals surface area contributed by atoms with Gasteiger partial charge < -0.3 is 5.32 Å². The molecule has 1 aliphatic carbocycles. The second-order valence-corrected chi connectivity index (χ2v) is 6.86. The molecule has 1 aromatic carbocycles. The Hall–Kier alpha value is -0.470. The van der Waals surface area contributed by atoms with Crippen LogP contribution in [0.15, 0.2) is 29.2 Å². The van der Waals surface area contributed by atoms with Gasteiger partial charge in [-0.05, 0) is 24.5 Å². The molecule has 1 aromatic rings. The van der Waals surface area contributed by atoms with Crippen LogP contribution in [0.25, 0.3) is 0 Å². The van der Waals surface area contributed by atoms with E-state index in [2.05, 4.69) is 55.2 Å². The quantitative estimate of drug-likeness (QED) is 0.832. The van der Waals surface area contributed by atoms with Gasteiger partial charge in [0.25, 0.3) is 0 Å². The minimum atomic E-state index is 0.553. The van der Waals surface area contributed by atoms with Gasteiger partial charge >= 0.3 is 0 Å². The third-order valence-corrected chi connectivity index (χ3v) is 4.98. The van der Waals surface area contributed by atoms with Crippen LogP contribution in [0.1, 0.15) is 51.5 Å². The van der Waals surface area contributed by atoms with Gasteiger partial charge in [-0.15, -0.1) is 11.8 Å². The largest absolute Gasteiger partial charge is 0.310 e. The fourth-order valence-electron chi connectivity index (χ4n) is 2.44. The Bertz CT molecular complexity index is 356. The van der Waals surface area contributed by atoms with Gasteiger partial charge in [0.15, 0.2) is 0 Å². The number of hydrogen-bond acceptors (Lipinski definition) is 2. The molecule has 0 atom stereocenters. The van der Waals surface area contributed by atoms with Crippen molar-refractivity contribution in [2.75, 3.05) is 0 Å². The summed E-state index contributed by atoms with van der Waals surface area (Å²) in [6.45, 7) is 5.40. The summed E-state index contributed by atoms with van der Waals surface area (Å²) in [7, 11) is 0. The molecule has 0 heterocycles. The van der Waals surface area contributed by atoms with Crippen molar-refractivity contribution in [1.29, 1.82) is 0 Å². The zero-order chi connectivity index (χ0) is 12.8. The third-order valence-electron chi connectivity index (χ3n) is 3.52. The molecule has 1 saturated carbocycles. The Morgan fingerprint density at radius 3 is 2.61 bits per heavy atom. The molecule has 0 unspecified atom stereocenters. The average molecular weight is 263 g/mol. The first-order chi connectivity index (χ1) is 8.75. The predicted molar refractivity (Wildman–Crippen MR) is 81.1 cm³/mol. The number of nitrogens with one attached hydrogen (secondary N) is 1. The van der Waals surface area contributed by atoms with Gasteiger partial charge in [0.05, 0.1) is 0 Å². The summed E-state index contributed by atoms with van der Waals surface area (Å²) < 4.78 is 0. The highest BCUT2D eigenvalue weighted by Gasteiger charge is 2.15. The van der Waals surface area contributed by atoms with E-state index in [9.17, 15) is 0 Å². The molecule has 100 valence electrons. The van der Waals surface area contributed by atoms with E-state index < -0.39 is 0 Å². The summed E-state index contributed by atoms with van der Waals surface area (Å²) >= 11 is 2.10. The maximum Gasteiger partial charge on any atom is 0.0218 e. The zero-order valence-corrected chi connectivity index (χ0v) is 12.4. The Morgan fingerprint density at radius 2 is 1.89 bits per heavy atom. The lowest BCUT2D eigenvalue weighted by Gasteiger charge is -2.22. The third kappa shape index (κ3) is 4.33. The molecule has 0 aromatic heterocycles. The molecule has 0 spiro atoms. The molecule has 2 heteroatoms. The van der Waals surface area contributed by atoms with Crippen molar-refractivity contribution >= 4 is 11.8 Å². The van der Waals surface area contributed by atoms with Crippen molar-refractivity contribution in [2.45, 2.75) is 68.7 Å². The van der Waals surface area contributed by atoms with E-state index in [1.165, 1.54) is 42.6 Å². The Kier molecular flexibility index (Phi) is 5.58. The van der Waals surface area contributed by atoms with Crippen molar-refractivity contribution in [2.24, 2.45) is 0 Å². The van der Waals surface area contributed by atoms with Crippen LogP contribution in [0.2, 0.25) is 0 Å². The summed E-state index contributed by atoms with van der Waals surface area (Å²) in [4.78, 5) is 1.48. The van der Waals surface area contributed by atoms with E-state index in [4.69, 9.17) is 0 Å². The minimum absolute atomic E-state index is 0.553. The highest BCUT2D eigenvalue weighted by Crippen LogP contribution is 2.35. The average Bonchev–Trinajstić information content (AvgIpc) is 2.39. The Labute approximate surface area is 116 Å². The number of hydrogen-bond donors (Lipinski definition) is 1. The number of benzene rings is 1. The Balaban J connectivity index is 1.97. The zero-order valence-electron chi connectivity index (χ0n) is 11.6. The summed E-state index contributed by atoms with van der Waals surface area (Å²) in [5.41, 5.74) is 1.46. The maximum atomic E-state index is 3.53. The van der Waals surface area contributed by atoms with Gasteiger partial charge in [-0.1, -0.05) is 51.3 Å². The molecule has 18 heavy (non-hydrogen) atoms. The second-order valence-electron chi connectivity index (χ2n) is 5.52. The van der Waals surface area contributed by atoms with E-state index in [1.54, 1.807) is 0 Å². The maximum absolute atomic E-state index is 3.53. The van der Waals surface area contributed by atoms with Gasteiger partial charge in [0, 0.05) is 22.7 Å². The lowest BCUT2D eigenvalue weighted by molar-refractivity contribution is 0.516. The standard InChI is InChI=1S/C16H25NS/c1-13(2)17-12-14-8-6-7-11-16(14)18-15-9-4-3-5-10-15/h6-8,11,13,15,17H,3-5,9-10,12H2,1-2H3. The molecule has 1 N–H and O–H groups in total. The van der Waals surface area contributed by atoms with Crippen LogP contribution >= 0.6 is 11.8 Å². The first-order valence-electron chi connectivity index (χ1n) is 7.23. The Morgan fingerprint density at radius 1 is 1.17 bits per heavy atom. The summed E-state index contributed by atoms with van der Waals surface area (Å²) in [5, 5.41) is 4.37. The van der Waals surface area contributed by atoms with Gasteiger partial charge in [-0.2, -0.15) is 0 Å². The molecule has 1 fully saturated rings. The highest BCUT2D eigenvalue weighted by atomic mass is 32.2. The molecule has 1 aliphatic rings. The van der Waals surface area contributed by atoms with E-state index in [0.29, 0.717) is 6.04 Å². The van der Waals surface area contributed by atoms with Crippen LogP contribution in [-0.4, -0.2) is 11.3 Å². The molecular formula is C16H25NS. The van der Waals surface area contributed by atoms with Gasteiger partial charge in [-0.25, -0.2) is 0 Å². The molecule has 0 bridgehead atoms. The van der Waals surface area contributed by atoms with E-state index in [-0.39, 0.29) is 0 Å². The topological polar surface area (TPSA) is 12.0 Å². The molecule has 0 amide bonds. The van der Waals surface area contributed by atoms with Crippen LogP contribution in [-0.2, 0) is 6.54 Å². The van der Waals surface area contributed by atoms with Crippen molar-refractivity contribution in [3.05, 3.63) is 29.8 Å². The van der Waals surface area contributed by atoms with Gasteiger partial charge in [-0.3, -0.25) is 0 Å². The molecule has 0 radical (unpaired) electrons. The lowest BCUT2D eigenvalue weighted by atomic mass is 10.0. The number of rotatable bonds is 5. The SMILES string of the molecule is CC(C)NCc1ccccc1SC1CCCCC1. The monoisotopic (exact) mass is 263 g/mol. The minimum Gasteiger partial charge on any atom is -0.310 e. The van der Waals surface area contributed by atoms with E-state index >= 15 is 0 Å². The van der Waals surface area contributed by atoms with Crippen LogP contribution in [0.5, 0.6) is 0 Å². The van der Waals surface area contributed by atoms with E-state index in [0.717, 1.165) is 11.8 Å². The smallest absolute Gasteiger partial charge is 0.0218 e. The van der Waals surface area contributed by atoms with Crippen LogP contribution in [0.3, 0.4) is 0 Å². The van der Waals surface area contributed by atoms with Gasteiger partial charge in [0.2, 0.25) is 0 Å². The van der Waals surface area contributed by atoms with Crippen molar-refractivity contribution in [3.8, 4) is 0 Å². The molecule has 2 rings (SSSR count). The van der Waals surface area contributed by atoms with Gasteiger partial charge in [0.1, 0.15) is 0 Å². The summed E-state index contributed by atoms with van der Waals surface area (Å²) in [6.07, 6.45) is 7.08. The molecule has 1 nitrogen and oxygen atoms in total. The van der Waals surface area contributed by atoms with Crippen LogP contribution in [0, 0.1) is 0 Å². The highest BCUT2D eigenvalue weighted by molar-refractivity contribution is 8.00. The van der Waals surface area contributed by atoms with Crippen LogP contribution < -0.4 is 5.32 Å². The lowest BCUT2D eigenvalue weighted by Crippen LogP contribution is -2.22. The fraction of sp³-hybridized carbons (Fsp3) is 0.625. The summed E-state index contributed by atoms with van der Waals surface area (Å²) in [5.74, 6) is 0. The van der Waals surface area contributed by atoms with E-state index in [1.807, 2.05) is 0 Å². The number of thioether (sulfide) groups is 1. The molecule has 0 aliphatic heterocycles. The second kappa shape index (κ2) is 7.20.